The maximum Gasteiger partial charge on any atom is 0.264 e. The van der Waals surface area contributed by atoms with E-state index in [0.29, 0.717) is 42.7 Å². The molecule has 0 saturated carbocycles. The van der Waals surface area contributed by atoms with Crippen molar-refractivity contribution in [1.82, 2.24) is 4.90 Å². The molecule has 2 aromatic rings. The Morgan fingerprint density at radius 2 is 1.69 bits per heavy atom. The summed E-state index contributed by atoms with van der Waals surface area (Å²) < 4.78 is 26.9. The number of nitrogens with two attached hydrogens (primary N) is 1. The van der Waals surface area contributed by atoms with Crippen LogP contribution in [-0.2, 0) is 14.8 Å². The van der Waals surface area contributed by atoms with Crippen LogP contribution in [0.1, 0.15) is 28.8 Å². The second kappa shape index (κ2) is 8.24. The minimum Gasteiger partial charge on any atom is -0.369 e. The summed E-state index contributed by atoms with van der Waals surface area (Å²) in [6.07, 6.45) is 1.13. The van der Waals surface area contributed by atoms with E-state index < -0.39 is 10.0 Å². The Hall–Kier alpha value is -2.87. The summed E-state index contributed by atoms with van der Waals surface area (Å²) >= 11 is 0. The first-order chi connectivity index (χ1) is 13.7. The molecule has 0 unspecified atom stereocenters. The van der Waals surface area contributed by atoms with Gasteiger partial charge in [0, 0.05) is 31.6 Å². The number of carbonyl (C=O) groups excluding carboxylic acids is 2. The van der Waals surface area contributed by atoms with Gasteiger partial charge in [0.2, 0.25) is 5.91 Å². The molecule has 3 rings (SSSR count). The van der Waals surface area contributed by atoms with E-state index in [1.165, 1.54) is 11.4 Å². The molecular weight excluding hydrogens is 390 g/mol. The smallest absolute Gasteiger partial charge is 0.264 e. The number of amides is 2. The van der Waals surface area contributed by atoms with E-state index in [2.05, 4.69) is 0 Å². The summed E-state index contributed by atoms with van der Waals surface area (Å²) in [5.74, 6) is -0.629. The fourth-order valence-corrected chi connectivity index (χ4v) is 4.85. The maximum atomic E-state index is 12.8. The number of carbonyl (C=O) groups is 2. The van der Waals surface area contributed by atoms with Gasteiger partial charge < -0.3 is 10.6 Å². The van der Waals surface area contributed by atoms with Crippen molar-refractivity contribution in [2.24, 2.45) is 11.7 Å². The van der Waals surface area contributed by atoms with Gasteiger partial charge in [-0.3, -0.25) is 13.9 Å². The van der Waals surface area contributed by atoms with Gasteiger partial charge in [-0.1, -0.05) is 18.2 Å². The first-order valence-corrected chi connectivity index (χ1v) is 10.9. The highest BCUT2D eigenvalue weighted by molar-refractivity contribution is 7.92. The lowest BCUT2D eigenvalue weighted by molar-refractivity contribution is -0.123. The van der Waals surface area contributed by atoms with Gasteiger partial charge in [0.05, 0.1) is 10.6 Å². The fourth-order valence-electron chi connectivity index (χ4n) is 3.57. The summed E-state index contributed by atoms with van der Waals surface area (Å²) in [7, 11) is -2.19. The van der Waals surface area contributed by atoms with Crippen molar-refractivity contribution in [2.75, 3.05) is 24.4 Å². The molecule has 1 fully saturated rings. The van der Waals surface area contributed by atoms with Gasteiger partial charge in [-0.05, 0) is 55.7 Å². The molecule has 0 atom stereocenters. The number of aryl methyl sites for hydroxylation is 1. The highest BCUT2D eigenvalue weighted by Gasteiger charge is 2.27. The number of primary amides is 1. The van der Waals surface area contributed by atoms with Gasteiger partial charge in [0.1, 0.15) is 0 Å². The molecule has 1 saturated heterocycles. The number of piperidine rings is 1. The van der Waals surface area contributed by atoms with Crippen molar-refractivity contribution >= 4 is 27.5 Å². The lowest BCUT2D eigenvalue weighted by Gasteiger charge is -2.31. The van der Waals surface area contributed by atoms with E-state index in [4.69, 9.17) is 5.73 Å². The van der Waals surface area contributed by atoms with Crippen LogP contribution in [-0.4, -0.2) is 45.3 Å². The van der Waals surface area contributed by atoms with Crippen LogP contribution < -0.4 is 10.0 Å². The number of nitrogens with zero attached hydrogens (tertiary/aromatic N) is 2. The van der Waals surface area contributed by atoms with E-state index in [1.807, 2.05) is 0 Å². The molecular formula is C21H25N3O4S. The van der Waals surface area contributed by atoms with Crippen LogP contribution in [0.3, 0.4) is 0 Å². The van der Waals surface area contributed by atoms with Gasteiger partial charge in [0.15, 0.2) is 0 Å². The monoisotopic (exact) mass is 415 g/mol. The molecule has 0 aromatic heterocycles. The first-order valence-electron chi connectivity index (χ1n) is 9.45. The molecule has 8 heteroatoms. The third-order valence-corrected chi connectivity index (χ3v) is 7.15. The molecule has 1 aliphatic heterocycles. The van der Waals surface area contributed by atoms with Crippen molar-refractivity contribution in [2.45, 2.75) is 24.7 Å². The van der Waals surface area contributed by atoms with Gasteiger partial charge in [0.25, 0.3) is 15.9 Å². The predicted molar refractivity (Wildman–Crippen MR) is 111 cm³/mol. The Labute approximate surface area is 171 Å². The number of hydrogen-bond donors (Lipinski definition) is 1. The lowest BCUT2D eigenvalue weighted by atomic mass is 9.95. The molecule has 0 aliphatic carbocycles. The number of benzene rings is 2. The largest absolute Gasteiger partial charge is 0.369 e. The average molecular weight is 416 g/mol. The van der Waals surface area contributed by atoms with Crippen LogP contribution in [0.5, 0.6) is 0 Å². The van der Waals surface area contributed by atoms with E-state index in [9.17, 15) is 18.0 Å². The summed E-state index contributed by atoms with van der Waals surface area (Å²) in [4.78, 5) is 26.0. The molecule has 29 heavy (non-hydrogen) atoms. The molecule has 2 aromatic carbocycles. The second-order valence-electron chi connectivity index (χ2n) is 7.26. The molecule has 7 nitrogen and oxygen atoms in total. The molecule has 0 radical (unpaired) electrons. The van der Waals surface area contributed by atoms with Crippen molar-refractivity contribution < 1.29 is 18.0 Å². The quantitative estimate of drug-likeness (QED) is 0.809. The fraction of sp³-hybridized carbons (Fsp3) is 0.333. The predicted octanol–water partition coefficient (Wildman–Crippen LogP) is 2.16. The summed E-state index contributed by atoms with van der Waals surface area (Å²) in [5, 5.41) is 0. The molecule has 1 aliphatic rings. The van der Waals surface area contributed by atoms with E-state index in [1.54, 1.807) is 60.4 Å². The summed E-state index contributed by atoms with van der Waals surface area (Å²) in [6.45, 7) is 2.74. The van der Waals surface area contributed by atoms with Gasteiger partial charge >= 0.3 is 0 Å². The number of rotatable bonds is 5. The SMILES string of the molecule is Cc1cc(C(=O)N2CCC(C(N)=O)CC2)ccc1N(C)S(=O)(=O)c1ccccc1. The lowest BCUT2D eigenvalue weighted by Crippen LogP contribution is -2.41. The van der Waals surface area contributed by atoms with Crippen LogP contribution in [0.2, 0.25) is 0 Å². The molecule has 1 heterocycles. The Morgan fingerprint density at radius 3 is 2.24 bits per heavy atom. The zero-order valence-corrected chi connectivity index (χ0v) is 17.4. The first kappa shape index (κ1) is 20.9. The minimum atomic E-state index is -3.69. The van der Waals surface area contributed by atoms with Crippen LogP contribution in [0, 0.1) is 12.8 Å². The van der Waals surface area contributed by atoms with Crippen molar-refractivity contribution in [3.63, 3.8) is 0 Å². The van der Waals surface area contributed by atoms with Gasteiger partial charge in [-0.2, -0.15) is 0 Å². The third-order valence-electron chi connectivity index (χ3n) is 5.37. The van der Waals surface area contributed by atoms with Crippen LogP contribution >= 0.6 is 0 Å². The Kier molecular flexibility index (Phi) is 5.93. The van der Waals surface area contributed by atoms with Crippen molar-refractivity contribution in [3.05, 3.63) is 59.7 Å². The van der Waals surface area contributed by atoms with Crippen molar-refractivity contribution in [1.29, 1.82) is 0 Å². The maximum absolute atomic E-state index is 12.8. The second-order valence-corrected chi connectivity index (χ2v) is 9.22. The molecule has 0 bridgehead atoms. The molecule has 154 valence electrons. The standard InChI is InChI=1S/C21H25N3O4S/c1-15-14-17(21(26)24-12-10-16(11-13-24)20(22)25)8-9-19(15)23(2)29(27,28)18-6-4-3-5-7-18/h3-9,14,16H,10-13H2,1-2H3,(H2,22,25). The molecule has 2 amide bonds. The number of sulfonamides is 1. The Morgan fingerprint density at radius 1 is 1.07 bits per heavy atom. The number of hydrogen-bond acceptors (Lipinski definition) is 4. The zero-order chi connectivity index (χ0) is 21.2. The molecule has 0 spiro atoms. The van der Waals surface area contributed by atoms with Crippen LogP contribution in [0.4, 0.5) is 5.69 Å². The van der Waals surface area contributed by atoms with Gasteiger partial charge in [-0.15, -0.1) is 0 Å². The normalized spacial score (nSPS) is 15.2. The Balaban J connectivity index is 1.78. The topological polar surface area (TPSA) is 101 Å². The van der Waals surface area contributed by atoms with Crippen molar-refractivity contribution in [3.8, 4) is 0 Å². The van der Waals surface area contributed by atoms with E-state index >= 15 is 0 Å². The highest BCUT2D eigenvalue weighted by Crippen LogP contribution is 2.27. The minimum absolute atomic E-state index is 0.129. The zero-order valence-electron chi connectivity index (χ0n) is 16.5. The third kappa shape index (κ3) is 4.27. The van der Waals surface area contributed by atoms with E-state index in [0.717, 1.165) is 0 Å². The highest BCUT2D eigenvalue weighted by atomic mass is 32.2. The Bertz CT molecular complexity index is 1010. The van der Waals surface area contributed by atoms with E-state index in [-0.39, 0.29) is 22.6 Å². The van der Waals surface area contributed by atoms with Crippen LogP contribution in [0.25, 0.3) is 0 Å². The summed E-state index contributed by atoms with van der Waals surface area (Å²) in [5.41, 5.74) is 7.04. The number of anilines is 1. The van der Waals surface area contributed by atoms with Crippen LogP contribution in [0.15, 0.2) is 53.4 Å². The number of likely N-dealkylation sites (tertiary alicyclic amines) is 1. The summed E-state index contributed by atoms with van der Waals surface area (Å²) in [6, 6.07) is 13.2. The molecule has 2 N–H and O–H groups in total. The van der Waals surface area contributed by atoms with Gasteiger partial charge in [-0.25, -0.2) is 8.42 Å². The average Bonchev–Trinajstić information content (AvgIpc) is 2.73.